The van der Waals surface area contributed by atoms with Crippen molar-refractivity contribution in [2.75, 3.05) is 6.61 Å². The van der Waals surface area contributed by atoms with Crippen molar-refractivity contribution in [1.82, 2.24) is 9.88 Å². The minimum Gasteiger partial charge on any atom is -0.490 e. The molecular weight excluding hydrogens is 313 g/mol. The van der Waals surface area contributed by atoms with Gasteiger partial charge in [-0.1, -0.05) is 0 Å². The largest absolute Gasteiger partial charge is 0.490 e. The molecule has 3 heterocycles. The molecule has 0 aliphatic carbocycles. The summed E-state index contributed by atoms with van der Waals surface area (Å²) >= 11 is 0. The van der Waals surface area contributed by atoms with Crippen LogP contribution in [0.3, 0.4) is 0 Å². The lowest BCUT2D eigenvalue weighted by atomic mass is 10.0. The van der Waals surface area contributed by atoms with Gasteiger partial charge in [0.2, 0.25) is 0 Å². The van der Waals surface area contributed by atoms with Crippen molar-refractivity contribution in [2.45, 2.75) is 50.0 Å². The molecule has 0 N–H and O–H groups in total. The van der Waals surface area contributed by atoms with Crippen LogP contribution in [-0.4, -0.2) is 46.9 Å². The smallest absolute Gasteiger partial charge is 0.422 e. The van der Waals surface area contributed by atoms with Gasteiger partial charge in [0.25, 0.3) is 0 Å². The van der Waals surface area contributed by atoms with Crippen LogP contribution in [0.25, 0.3) is 0 Å². The van der Waals surface area contributed by atoms with Gasteiger partial charge in [-0.25, -0.2) is 4.79 Å². The highest BCUT2D eigenvalue weighted by atomic mass is 19.4. The van der Waals surface area contributed by atoms with Gasteiger partial charge in [-0.15, -0.1) is 0 Å². The molecule has 2 saturated heterocycles. The van der Waals surface area contributed by atoms with Gasteiger partial charge in [0.1, 0.15) is 11.9 Å². The van der Waals surface area contributed by atoms with Crippen LogP contribution in [0.1, 0.15) is 25.7 Å². The number of alkyl halides is 3. The number of halogens is 3. The maximum absolute atomic E-state index is 12.2. The first-order chi connectivity index (χ1) is 10.9. The number of rotatable bonds is 3. The predicted molar refractivity (Wildman–Crippen MR) is 73.9 cm³/mol. The summed E-state index contributed by atoms with van der Waals surface area (Å²) in [6.07, 6.45) is 0.557. The molecule has 2 unspecified atom stereocenters. The number of nitrogens with zero attached hydrogens (tertiary/aromatic N) is 2. The van der Waals surface area contributed by atoms with E-state index in [1.54, 1.807) is 24.5 Å². The van der Waals surface area contributed by atoms with E-state index in [0.29, 0.717) is 18.6 Å². The van der Waals surface area contributed by atoms with E-state index in [9.17, 15) is 18.0 Å². The molecule has 1 aromatic heterocycles. The number of piperidine rings is 1. The summed E-state index contributed by atoms with van der Waals surface area (Å²) in [5.74, 6) is 0.706. The number of ether oxygens (including phenoxy) is 2. The minimum atomic E-state index is -4.50. The predicted octanol–water partition coefficient (Wildman–Crippen LogP) is 3.15. The molecule has 2 aliphatic heterocycles. The monoisotopic (exact) mass is 330 g/mol. The summed E-state index contributed by atoms with van der Waals surface area (Å²) in [4.78, 5) is 17.3. The second-order valence-corrected chi connectivity index (χ2v) is 5.86. The third-order valence-electron chi connectivity index (χ3n) is 4.21. The quantitative estimate of drug-likeness (QED) is 0.854. The Labute approximate surface area is 131 Å². The molecule has 0 spiro atoms. The standard InChI is InChI=1S/C15H17F3N2O3/c16-15(17,18)9-22-14(21)20-10-1-2-11(20)8-13(7-10)23-12-3-5-19-6-4-12/h3-6,10-11,13H,1-2,7-9H2. The molecule has 8 heteroatoms. The Balaban J connectivity index is 1.58. The van der Waals surface area contributed by atoms with Crippen LogP contribution < -0.4 is 4.74 Å². The molecule has 2 fully saturated rings. The van der Waals surface area contributed by atoms with E-state index in [-0.39, 0.29) is 18.2 Å². The van der Waals surface area contributed by atoms with Gasteiger partial charge in [0.05, 0.1) is 0 Å². The van der Waals surface area contributed by atoms with E-state index in [1.165, 1.54) is 4.90 Å². The zero-order valence-electron chi connectivity index (χ0n) is 12.3. The van der Waals surface area contributed by atoms with Crippen molar-refractivity contribution in [2.24, 2.45) is 0 Å². The number of pyridine rings is 1. The average Bonchev–Trinajstić information content (AvgIpc) is 2.77. The van der Waals surface area contributed by atoms with Crippen LogP contribution >= 0.6 is 0 Å². The molecule has 23 heavy (non-hydrogen) atoms. The number of hydrogen-bond acceptors (Lipinski definition) is 4. The Morgan fingerprint density at radius 2 is 1.83 bits per heavy atom. The molecule has 0 saturated carbocycles. The van der Waals surface area contributed by atoms with Crippen LogP contribution in [0.2, 0.25) is 0 Å². The van der Waals surface area contributed by atoms with Gasteiger partial charge < -0.3 is 14.4 Å². The highest BCUT2D eigenvalue weighted by Crippen LogP contribution is 2.37. The number of fused-ring (bicyclic) bond motifs is 2. The molecule has 2 atom stereocenters. The van der Waals surface area contributed by atoms with Crippen LogP contribution in [-0.2, 0) is 4.74 Å². The zero-order chi connectivity index (χ0) is 16.4. The zero-order valence-corrected chi connectivity index (χ0v) is 12.3. The van der Waals surface area contributed by atoms with E-state index in [1.807, 2.05) is 0 Å². The van der Waals surface area contributed by atoms with E-state index < -0.39 is 18.9 Å². The molecule has 0 radical (unpaired) electrons. The lowest BCUT2D eigenvalue weighted by Crippen LogP contribution is -2.49. The van der Waals surface area contributed by atoms with Gasteiger partial charge in [-0.05, 0) is 25.0 Å². The van der Waals surface area contributed by atoms with E-state index in [2.05, 4.69) is 9.72 Å². The summed E-state index contributed by atoms with van der Waals surface area (Å²) in [7, 11) is 0. The molecule has 126 valence electrons. The van der Waals surface area contributed by atoms with Crippen LogP contribution in [0, 0.1) is 0 Å². The molecular formula is C15H17F3N2O3. The fourth-order valence-corrected chi connectivity index (χ4v) is 3.35. The summed E-state index contributed by atoms with van der Waals surface area (Å²) in [6, 6.07) is 3.26. The molecule has 3 rings (SSSR count). The average molecular weight is 330 g/mol. The van der Waals surface area contributed by atoms with E-state index >= 15 is 0 Å². The second kappa shape index (κ2) is 6.25. The molecule has 0 aromatic carbocycles. The number of amides is 1. The summed E-state index contributed by atoms with van der Waals surface area (Å²) in [6.45, 7) is -1.54. The number of carbonyl (C=O) groups is 1. The van der Waals surface area contributed by atoms with Gasteiger partial charge in [-0.2, -0.15) is 13.2 Å². The summed E-state index contributed by atoms with van der Waals surface area (Å²) in [5.41, 5.74) is 0. The molecule has 5 nitrogen and oxygen atoms in total. The van der Waals surface area contributed by atoms with Gasteiger partial charge >= 0.3 is 12.3 Å². The fraction of sp³-hybridized carbons (Fsp3) is 0.600. The van der Waals surface area contributed by atoms with Crippen molar-refractivity contribution in [3.63, 3.8) is 0 Å². The van der Waals surface area contributed by atoms with Gasteiger partial charge in [0.15, 0.2) is 6.61 Å². The van der Waals surface area contributed by atoms with Gasteiger partial charge in [-0.3, -0.25) is 4.98 Å². The topological polar surface area (TPSA) is 51.7 Å². The Kier molecular flexibility index (Phi) is 4.32. The van der Waals surface area contributed by atoms with Crippen LogP contribution in [0.5, 0.6) is 5.75 Å². The number of hydrogen-bond donors (Lipinski definition) is 0. The Bertz CT molecular complexity index is 539. The van der Waals surface area contributed by atoms with Crippen molar-refractivity contribution in [1.29, 1.82) is 0 Å². The van der Waals surface area contributed by atoms with Crippen molar-refractivity contribution >= 4 is 6.09 Å². The normalized spacial score (nSPS) is 26.9. The number of aromatic nitrogens is 1. The third-order valence-corrected chi connectivity index (χ3v) is 4.21. The SMILES string of the molecule is O=C(OCC(F)(F)F)N1C2CCC1CC(Oc1ccncc1)C2. The third kappa shape index (κ3) is 3.86. The summed E-state index contributed by atoms with van der Waals surface area (Å²) in [5, 5.41) is 0. The van der Waals surface area contributed by atoms with Crippen molar-refractivity contribution < 1.29 is 27.4 Å². The van der Waals surface area contributed by atoms with Crippen LogP contribution in [0.4, 0.5) is 18.0 Å². The lowest BCUT2D eigenvalue weighted by Gasteiger charge is -2.38. The maximum Gasteiger partial charge on any atom is 0.422 e. The molecule has 1 aromatic rings. The molecule has 1 amide bonds. The highest BCUT2D eigenvalue weighted by Gasteiger charge is 2.45. The number of carbonyl (C=O) groups excluding carboxylic acids is 1. The fourth-order valence-electron chi connectivity index (χ4n) is 3.35. The molecule has 2 bridgehead atoms. The first kappa shape index (κ1) is 15.9. The lowest BCUT2D eigenvalue weighted by molar-refractivity contribution is -0.163. The van der Waals surface area contributed by atoms with Crippen LogP contribution in [0.15, 0.2) is 24.5 Å². The van der Waals surface area contributed by atoms with Crippen molar-refractivity contribution in [3.05, 3.63) is 24.5 Å². The Morgan fingerprint density at radius 1 is 1.22 bits per heavy atom. The Hall–Kier alpha value is -1.99. The minimum absolute atomic E-state index is 0.0541. The first-order valence-corrected chi connectivity index (χ1v) is 7.51. The van der Waals surface area contributed by atoms with E-state index in [0.717, 1.165) is 12.8 Å². The van der Waals surface area contributed by atoms with Crippen molar-refractivity contribution in [3.8, 4) is 5.75 Å². The highest BCUT2D eigenvalue weighted by molar-refractivity contribution is 5.69. The maximum atomic E-state index is 12.2. The van der Waals surface area contributed by atoms with E-state index in [4.69, 9.17) is 4.74 Å². The second-order valence-electron chi connectivity index (χ2n) is 5.86. The summed E-state index contributed by atoms with van der Waals surface area (Å²) < 4.78 is 46.8. The Morgan fingerprint density at radius 3 is 2.39 bits per heavy atom. The first-order valence-electron chi connectivity index (χ1n) is 7.51. The van der Waals surface area contributed by atoms with Gasteiger partial charge in [0, 0.05) is 37.3 Å². The molecule has 2 aliphatic rings.